The molecule has 0 saturated carbocycles. The van der Waals surface area contributed by atoms with Gasteiger partial charge in [-0.25, -0.2) is 4.79 Å². The van der Waals surface area contributed by atoms with E-state index >= 15 is 0 Å². The van der Waals surface area contributed by atoms with Crippen molar-refractivity contribution in [3.63, 3.8) is 0 Å². The van der Waals surface area contributed by atoms with Crippen LogP contribution in [0.4, 0.5) is 4.79 Å². The van der Waals surface area contributed by atoms with Crippen LogP contribution >= 0.6 is 0 Å². The molecule has 1 aliphatic heterocycles. The fourth-order valence-electron chi connectivity index (χ4n) is 3.51. The molecule has 1 aromatic rings. The van der Waals surface area contributed by atoms with Crippen LogP contribution in [0.15, 0.2) is 24.5 Å². The molecule has 0 aliphatic carbocycles. The van der Waals surface area contributed by atoms with E-state index < -0.39 is 17.7 Å². The van der Waals surface area contributed by atoms with E-state index in [1.807, 2.05) is 46.8 Å². The highest BCUT2D eigenvalue weighted by atomic mass is 16.5. The number of nitrogens with zero attached hydrogens (tertiary/aromatic N) is 3. The first kappa shape index (κ1) is 21.0. The number of pyridine rings is 1. The highest BCUT2D eigenvalue weighted by Crippen LogP contribution is 2.26. The Hall–Kier alpha value is -2.31. The third kappa shape index (κ3) is 5.34. The highest BCUT2D eigenvalue weighted by Gasteiger charge is 2.41. The Bertz CT molecular complexity index is 634. The van der Waals surface area contributed by atoms with Crippen molar-refractivity contribution in [2.45, 2.75) is 65.1 Å². The van der Waals surface area contributed by atoms with Gasteiger partial charge in [0.1, 0.15) is 17.9 Å². The summed E-state index contributed by atoms with van der Waals surface area (Å²) in [6.07, 6.45) is 3.81. The van der Waals surface area contributed by atoms with E-state index in [0.29, 0.717) is 13.1 Å². The standard InChI is InChI=1S/C20H31N3O4/c1-14(2)17(23(19(25)26)20(3,4)5)18(24)22-12-8-16(9-13-22)27-15-6-10-21-11-7-15/h6-7,10-11,14,16-17H,8-9,12-13H2,1-5H3,(H,25,26)/t17-/m0/s1. The molecule has 0 radical (unpaired) electrons. The second-order valence-corrected chi connectivity index (χ2v) is 8.34. The molecule has 1 N–H and O–H groups in total. The maximum absolute atomic E-state index is 13.2. The van der Waals surface area contributed by atoms with E-state index in [2.05, 4.69) is 4.98 Å². The normalized spacial score (nSPS) is 16.9. The monoisotopic (exact) mass is 377 g/mol. The van der Waals surface area contributed by atoms with E-state index in [-0.39, 0.29) is 17.9 Å². The van der Waals surface area contributed by atoms with Gasteiger partial charge in [0.05, 0.1) is 0 Å². The van der Waals surface area contributed by atoms with Gasteiger partial charge in [-0.05, 0) is 38.8 Å². The number of amides is 2. The highest BCUT2D eigenvalue weighted by molar-refractivity contribution is 5.86. The zero-order chi connectivity index (χ0) is 20.2. The number of hydrogen-bond acceptors (Lipinski definition) is 4. The van der Waals surface area contributed by atoms with Crippen LogP contribution in [0.25, 0.3) is 0 Å². The van der Waals surface area contributed by atoms with Gasteiger partial charge in [-0.2, -0.15) is 0 Å². The number of likely N-dealkylation sites (tertiary alicyclic amines) is 1. The summed E-state index contributed by atoms with van der Waals surface area (Å²) in [6, 6.07) is 2.95. The predicted octanol–water partition coefficient (Wildman–Crippen LogP) is 3.25. The molecule has 0 aromatic carbocycles. The Morgan fingerprint density at radius 2 is 1.78 bits per heavy atom. The molecule has 7 heteroatoms. The van der Waals surface area contributed by atoms with Crippen molar-refractivity contribution in [1.82, 2.24) is 14.8 Å². The molecular formula is C20H31N3O4. The molecule has 0 unspecified atom stereocenters. The second-order valence-electron chi connectivity index (χ2n) is 8.34. The van der Waals surface area contributed by atoms with Gasteiger partial charge in [-0.3, -0.25) is 14.7 Å². The minimum absolute atomic E-state index is 0.0483. The summed E-state index contributed by atoms with van der Waals surface area (Å²) in [5.74, 6) is 0.544. The summed E-state index contributed by atoms with van der Waals surface area (Å²) in [5, 5.41) is 9.71. The molecule has 2 rings (SSSR count). The van der Waals surface area contributed by atoms with Crippen LogP contribution in [-0.4, -0.2) is 62.7 Å². The quantitative estimate of drug-likeness (QED) is 0.852. The van der Waals surface area contributed by atoms with Gasteiger partial charge < -0.3 is 14.7 Å². The molecular weight excluding hydrogens is 346 g/mol. The van der Waals surface area contributed by atoms with E-state index in [9.17, 15) is 14.7 Å². The number of carboxylic acid groups (broad SMARTS) is 1. The molecule has 1 saturated heterocycles. The summed E-state index contributed by atoms with van der Waals surface area (Å²) in [5.41, 5.74) is -0.654. The largest absolute Gasteiger partial charge is 0.490 e. The molecule has 150 valence electrons. The lowest BCUT2D eigenvalue weighted by atomic mass is 9.94. The van der Waals surface area contributed by atoms with Crippen molar-refractivity contribution in [1.29, 1.82) is 0 Å². The molecule has 2 heterocycles. The van der Waals surface area contributed by atoms with Crippen LogP contribution in [0.2, 0.25) is 0 Å². The smallest absolute Gasteiger partial charge is 0.408 e. The fraction of sp³-hybridized carbons (Fsp3) is 0.650. The molecule has 1 aliphatic rings. The average molecular weight is 377 g/mol. The maximum atomic E-state index is 13.2. The summed E-state index contributed by atoms with van der Waals surface area (Å²) in [6.45, 7) is 10.4. The summed E-state index contributed by atoms with van der Waals surface area (Å²) in [4.78, 5) is 32.1. The maximum Gasteiger partial charge on any atom is 0.408 e. The van der Waals surface area contributed by atoms with Gasteiger partial charge in [-0.15, -0.1) is 0 Å². The average Bonchev–Trinajstić information content (AvgIpc) is 2.59. The fourth-order valence-corrected chi connectivity index (χ4v) is 3.51. The molecule has 0 bridgehead atoms. The second kappa shape index (κ2) is 8.59. The topological polar surface area (TPSA) is 83.0 Å². The van der Waals surface area contributed by atoms with Gasteiger partial charge in [-0.1, -0.05) is 13.8 Å². The predicted molar refractivity (Wildman–Crippen MR) is 103 cm³/mol. The Kier molecular flexibility index (Phi) is 6.68. The van der Waals surface area contributed by atoms with E-state index in [1.54, 1.807) is 17.3 Å². The number of piperidine rings is 1. The SMILES string of the molecule is CC(C)[C@@H](C(=O)N1CCC(Oc2ccncc2)CC1)N(C(=O)O)C(C)(C)C. The van der Waals surface area contributed by atoms with Gasteiger partial charge in [0, 0.05) is 43.9 Å². The Balaban J connectivity index is 2.04. The van der Waals surface area contributed by atoms with Gasteiger partial charge in [0.15, 0.2) is 0 Å². The molecule has 2 amide bonds. The number of carbonyl (C=O) groups excluding carboxylic acids is 1. The van der Waals surface area contributed by atoms with Crippen LogP contribution < -0.4 is 4.74 Å². The lowest BCUT2D eigenvalue weighted by Crippen LogP contribution is -2.60. The number of aromatic nitrogens is 1. The lowest BCUT2D eigenvalue weighted by Gasteiger charge is -2.43. The summed E-state index contributed by atoms with van der Waals surface area (Å²) >= 11 is 0. The van der Waals surface area contributed by atoms with Crippen molar-refractivity contribution < 1.29 is 19.4 Å². The van der Waals surface area contributed by atoms with Crippen molar-refractivity contribution >= 4 is 12.0 Å². The zero-order valence-corrected chi connectivity index (χ0v) is 16.9. The van der Waals surface area contributed by atoms with Crippen molar-refractivity contribution in [3.8, 4) is 5.75 Å². The van der Waals surface area contributed by atoms with E-state index in [0.717, 1.165) is 18.6 Å². The lowest BCUT2D eigenvalue weighted by molar-refractivity contribution is -0.141. The number of rotatable bonds is 5. The summed E-state index contributed by atoms with van der Waals surface area (Å²) in [7, 11) is 0. The number of ether oxygens (including phenoxy) is 1. The molecule has 7 nitrogen and oxygen atoms in total. The molecule has 27 heavy (non-hydrogen) atoms. The first-order chi connectivity index (χ1) is 12.6. The first-order valence-electron chi connectivity index (χ1n) is 9.49. The van der Waals surface area contributed by atoms with Gasteiger partial charge in [0.2, 0.25) is 5.91 Å². The number of hydrogen-bond donors (Lipinski definition) is 1. The van der Waals surface area contributed by atoms with Crippen LogP contribution in [0.1, 0.15) is 47.5 Å². The zero-order valence-electron chi connectivity index (χ0n) is 16.9. The first-order valence-corrected chi connectivity index (χ1v) is 9.49. The molecule has 1 aromatic heterocycles. The van der Waals surface area contributed by atoms with Crippen molar-refractivity contribution in [2.24, 2.45) is 5.92 Å². The third-order valence-corrected chi connectivity index (χ3v) is 4.80. The Labute approximate surface area is 161 Å². The van der Waals surface area contributed by atoms with Crippen LogP contribution in [0, 0.1) is 5.92 Å². The van der Waals surface area contributed by atoms with Crippen molar-refractivity contribution in [2.75, 3.05) is 13.1 Å². The van der Waals surface area contributed by atoms with Gasteiger partial charge >= 0.3 is 6.09 Å². The van der Waals surface area contributed by atoms with Crippen LogP contribution in [0.5, 0.6) is 5.75 Å². The minimum atomic E-state index is -1.06. The van der Waals surface area contributed by atoms with Gasteiger partial charge in [0.25, 0.3) is 0 Å². The minimum Gasteiger partial charge on any atom is -0.490 e. The van der Waals surface area contributed by atoms with E-state index in [4.69, 9.17) is 4.74 Å². The van der Waals surface area contributed by atoms with Crippen LogP contribution in [-0.2, 0) is 4.79 Å². The number of carbonyl (C=O) groups is 2. The van der Waals surface area contributed by atoms with Crippen molar-refractivity contribution in [3.05, 3.63) is 24.5 Å². The Morgan fingerprint density at radius 1 is 1.22 bits per heavy atom. The van der Waals surface area contributed by atoms with E-state index in [1.165, 1.54) is 4.90 Å². The molecule has 0 spiro atoms. The Morgan fingerprint density at radius 3 is 2.22 bits per heavy atom. The molecule has 1 fully saturated rings. The van der Waals surface area contributed by atoms with Crippen LogP contribution in [0.3, 0.4) is 0 Å². The summed E-state index contributed by atoms with van der Waals surface area (Å²) < 4.78 is 5.95. The third-order valence-electron chi connectivity index (χ3n) is 4.80. The molecule has 1 atom stereocenters.